The molecule has 10 aromatic carbocycles. The second-order valence-electron chi connectivity index (χ2n) is 25.8. The molecule has 644 valence electrons. The van der Waals surface area contributed by atoms with Crippen LogP contribution >= 0.6 is 0 Å². The zero-order valence-electron chi connectivity index (χ0n) is 67.7. The summed E-state index contributed by atoms with van der Waals surface area (Å²) in [6.07, 6.45) is 0. The number of hydrogen-bond donors (Lipinski definition) is 2. The Labute approximate surface area is 717 Å². The number of methoxy groups -OCH3 is 4. The first-order valence-electron chi connectivity index (χ1n) is 34.5. The summed E-state index contributed by atoms with van der Waals surface area (Å²) in [5, 5.41) is 122. The number of carbonyl (C=O) groups is 2. The van der Waals surface area contributed by atoms with Gasteiger partial charge < -0.3 is 140 Å². The fourth-order valence-corrected chi connectivity index (χ4v) is 11.9. The molecule has 0 saturated carbocycles. The van der Waals surface area contributed by atoms with Gasteiger partial charge in [-0.3, -0.25) is 0 Å². The van der Waals surface area contributed by atoms with Crippen LogP contribution in [0.1, 0.15) is 65.2 Å². The third-order valence-electron chi connectivity index (χ3n) is 17.1. The van der Waals surface area contributed by atoms with Gasteiger partial charge in [0.1, 0.15) is 23.0 Å². The van der Waals surface area contributed by atoms with Crippen LogP contribution in [-0.2, 0) is 103 Å². The Balaban J connectivity index is -0.000000695. The molecule has 0 spiro atoms. The fraction of sp³-hybridized carbons (Fsp3) is 0.341. The first-order valence-corrected chi connectivity index (χ1v) is 34.5. The fourth-order valence-electron chi connectivity index (χ4n) is 11.9. The van der Waals surface area contributed by atoms with Gasteiger partial charge in [-0.2, -0.15) is 0 Å². The number of aryl methyl sites for hydroxylation is 4. The minimum absolute atomic E-state index is 0. The van der Waals surface area contributed by atoms with Crippen molar-refractivity contribution in [1.82, 2.24) is 29.4 Å². The van der Waals surface area contributed by atoms with E-state index in [1.807, 2.05) is 189 Å². The van der Waals surface area contributed by atoms with Crippen molar-refractivity contribution >= 4 is 55.0 Å². The Bertz CT molecular complexity index is 4070. The molecule has 0 unspecified atom stereocenters. The van der Waals surface area contributed by atoms with E-state index < -0.39 is 22.1 Å². The third-order valence-corrected chi connectivity index (χ3v) is 17.1. The van der Waals surface area contributed by atoms with E-state index in [1.54, 1.807) is 24.3 Å². The normalized spacial score (nSPS) is 10.1. The molecule has 8 N–H and O–H groups in total. The number of aliphatic hydroxyl groups is 2. The van der Waals surface area contributed by atoms with Gasteiger partial charge in [0.15, 0.2) is 0 Å². The van der Waals surface area contributed by atoms with E-state index in [4.69, 9.17) is 59.8 Å². The van der Waals surface area contributed by atoms with Crippen molar-refractivity contribution in [2.75, 3.05) is 137 Å². The van der Waals surface area contributed by atoms with Gasteiger partial charge in [-0.1, -0.05) is 144 Å². The minimum atomic E-state index is -1.75. The number of ether oxygens (including phenoxy) is 4. The summed E-state index contributed by atoms with van der Waals surface area (Å²) >= 11 is 0. The molecule has 0 aliphatic heterocycles. The van der Waals surface area contributed by atoms with Crippen LogP contribution in [0, 0.1) is 58.3 Å². The molecule has 116 heavy (non-hydrogen) atoms. The minimum Gasteiger partial charge on any atom is -0.870 e. The number of aliphatic hydroxyl groups excluding tert-OH is 2. The quantitative estimate of drug-likeness (QED) is 0.0221. The van der Waals surface area contributed by atoms with Crippen LogP contribution in [0.15, 0.2) is 158 Å². The molecule has 0 saturated heterocycles. The molecule has 10 aromatic rings. The van der Waals surface area contributed by atoms with Crippen molar-refractivity contribution in [3.05, 3.63) is 244 Å². The number of nitrogens with zero attached hydrogens (tertiary/aromatic N) is 8. The molecule has 30 nitrogen and oxygen atoms in total. The van der Waals surface area contributed by atoms with Crippen molar-refractivity contribution in [3.8, 4) is 46.0 Å². The predicted molar refractivity (Wildman–Crippen MR) is 427 cm³/mol. The van der Waals surface area contributed by atoms with Crippen LogP contribution in [0.3, 0.4) is 0 Å². The molecular formula is C82H106N8Ni4O22+2. The van der Waals surface area contributed by atoms with Crippen LogP contribution in [0.2, 0.25) is 0 Å². The number of likely N-dealkylation sites (N-methyl/N-ethyl adjacent to an activating group) is 6. The summed E-state index contributed by atoms with van der Waals surface area (Å²) < 4.78 is 20.8. The van der Waals surface area contributed by atoms with Gasteiger partial charge in [-0.25, -0.2) is 0 Å². The van der Waals surface area contributed by atoms with E-state index in [1.165, 1.54) is 28.4 Å². The largest absolute Gasteiger partial charge is 2.00 e. The Morgan fingerprint density at radius 1 is 0.328 bits per heavy atom. The molecule has 0 atom stereocenters. The van der Waals surface area contributed by atoms with Crippen LogP contribution in [0.5, 0.6) is 46.0 Å². The van der Waals surface area contributed by atoms with E-state index in [9.17, 15) is 40.2 Å². The summed E-state index contributed by atoms with van der Waals surface area (Å²) in [7, 11) is 20.4. The Morgan fingerprint density at radius 3 is 0.655 bits per heavy atom. The van der Waals surface area contributed by atoms with Crippen LogP contribution < -0.4 is 49.6 Å². The summed E-state index contributed by atoms with van der Waals surface area (Å²) in [5.74, 6) is -0.785. The number of benzene rings is 10. The zero-order valence-corrected chi connectivity index (χ0v) is 71.7. The number of carboxylic acids is 2. The second-order valence-corrected chi connectivity index (χ2v) is 25.8. The summed E-state index contributed by atoms with van der Waals surface area (Å²) in [4.78, 5) is 52.3. The monoisotopic (exact) mass is 1790 g/mol. The van der Waals surface area contributed by atoms with E-state index in [0.717, 1.165) is 154 Å². The Morgan fingerprint density at radius 2 is 0.491 bits per heavy atom. The van der Waals surface area contributed by atoms with Gasteiger partial charge in [0.2, 0.25) is 0 Å². The van der Waals surface area contributed by atoms with Crippen molar-refractivity contribution in [2.24, 2.45) is 0 Å². The van der Waals surface area contributed by atoms with E-state index in [-0.39, 0.29) is 111 Å². The van der Waals surface area contributed by atoms with Gasteiger partial charge in [-0.05, 0) is 194 Å². The average Bonchev–Trinajstić information content (AvgIpc) is 0.775. The number of carboxylic acid groups (broad SMARTS) is 2. The Kier molecular flexibility index (Phi) is 56.8. The smallest absolute Gasteiger partial charge is 0.870 e. The number of hydrogen-bond acceptors (Lipinski definition) is 26. The second kappa shape index (κ2) is 58.4. The van der Waals surface area contributed by atoms with Crippen molar-refractivity contribution in [1.29, 1.82) is 0 Å². The first-order chi connectivity index (χ1) is 52.3. The molecule has 0 amide bonds. The van der Waals surface area contributed by atoms with Crippen LogP contribution in [0.4, 0.5) is 0 Å². The topological polar surface area (TPSA) is 468 Å². The molecule has 0 aliphatic carbocycles. The molecule has 10 rings (SSSR count). The molecular weight excluding hydrogens is 1680 g/mol. The molecule has 34 heteroatoms. The standard InChI is InChI=1S/2C25H39N3O4.2C15H10O2.2CH4O.2NO3.4Ni.2H2O/c2*1-18-12-20(24(29)22(14-18)31-6)16-27(4)10-8-26(3)9-11-28(5)17-21-13-19(2)15-23(32-7)25(21)30;2*16-15(17)14-12-7-3-1-5-10(12)9-11-6-2-4-8-13(11)14;2*1-2;2*2-1(3)4;;;;;;/h2*12-15,29-30H,8-11,16-17H2,1-7H3;2*1-9H,(H,16,17);2*2H,1H3;;;;;;;2*1H2/q;;;;;;2*-1;4*+2;;/p-4. The van der Waals surface area contributed by atoms with Crippen molar-refractivity contribution in [3.63, 3.8) is 0 Å². The number of aromatic carboxylic acids is 2. The van der Waals surface area contributed by atoms with Crippen molar-refractivity contribution < 1.29 is 156 Å². The summed E-state index contributed by atoms with van der Waals surface area (Å²) in [6, 6.07) is 48.7. The number of fused-ring (bicyclic) bond motifs is 4. The number of carbonyl (C=O) groups excluding carboxylic acids is 2. The van der Waals surface area contributed by atoms with E-state index in [0.29, 0.717) is 49.2 Å². The third kappa shape index (κ3) is 36.8. The summed E-state index contributed by atoms with van der Waals surface area (Å²) in [6.45, 7) is 17.1. The van der Waals surface area contributed by atoms with Crippen molar-refractivity contribution in [2.45, 2.75) is 53.9 Å². The summed E-state index contributed by atoms with van der Waals surface area (Å²) in [5.41, 5.74) is 7.69. The molecule has 0 fully saturated rings. The zero-order chi connectivity index (χ0) is 82.5. The van der Waals surface area contributed by atoms with Gasteiger partial charge >= 0.3 is 66.0 Å². The van der Waals surface area contributed by atoms with Gasteiger partial charge in [0.25, 0.3) is 0 Å². The SMILES string of the molecule is CO.CO.COc1cc(C)cc(CN(C)CCN(C)CCN(C)Cc2cc(C)cc(OC)c2[O-])c1[O-].COc1cc(C)cc(CN(C)CCN(C)CCN(C)Cc2cc(C)cc(OC)c2[O-])c1[O-].O=C([O-])c1c2ccccc2cc2ccccc12.O=C([O-])c1c2ccccc2cc2ccccc12.O=[N+]([O-])[O-].O=[N+]([O-])[O-].[Ni+2].[Ni+2].[Ni+2].[Ni+2].[OH3+].[OH3+]. The van der Waals surface area contributed by atoms with Gasteiger partial charge in [0, 0.05) is 104 Å². The maximum Gasteiger partial charge on any atom is 2.00 e. The van der Waals surface area contributed by atoms with Gasteiger partial charge in [-0.15, -0.1) is 0 Å². The molecule has 0 aliphatic rings. The predicted octanol–water partition coefficient (Wildman–Crippen LogP) is 5.52. The maximum absolute atomic E-state index is 12.4. The molecule has 0 radical (unpaired) electrons. The first kappa shape index (κ1) is 113. The molecule has 0 aromatic heterocycles. The average molecular weight is 1790 g/mol. The molecule has 0 bridgehead atoms. The van der Waals surface area contributed by atoms with Crippen LogP contribution in [0.25, 0.3) is 43.1 Å². The van der Waals surface area contributed by atoms with E-state index in [2.05, 4.69) is 43.5 Å². The van der Waals surface area contributed by atoms with Crippen LogP contribution in [-0.4, -0.2) is 199 Å². The van der Waals surface area contributed by atoms with Gasteiger partial charge in [0.05, 0.1) is 50.6 Å². The number of rotatable bonds is 26. The molecule has 0 heterocycles. The maximum atomic E-state index is 12.4. The van der Waals surface area contributed by atoms with E-state index >= 15 is 0 Å². The Hall–Kier alpha value is -9.45.